The molecule has 1 atom stereocenters. The summed E-state index contributed by atoms with van der Waals surface area (Å²) in [7, 11) is 0. The maximum Gasteiger partial charge on any atom is 0.416 e. The third-order valence-corrected chi connectivity index (χ3v) is 7.93. The molecule has 1 N–H and O–H groups in total. The van der Waals surface area contributed by atoms with E-state index in [4.69, 9.17) is 9.47 Å². The molecule has 1 unspecified atom stereocenters. The van der Waals surface area contributed by atoms with E-state index in [1.807, 2.05) is 6.07 Å². The van der Waals surface area contributed by atoms with E-state index < -0.39 is 41.8 Å². The molecule has 5 aromatic rings. The molecule has 43 heavy (non-hydrogen) atoms. The van der Waals surface area contributed by atoms with Gasteiger partial charge in [-0.2, -0.15) is 22.7 Å². The predicted octanol–water partition coefficient (Wildman–Crippen LogP) is 3.59. The maximum absolute atomic E-state index is 13.7. The van der Waals surface area contributed by atoms with Gasteiger partial charge in [0.2, 0.25) is 10.9 Å². The number of thiazole rings is 1. The van der Waals surface area contributed by atoms with E-state index in [0.29, 0.717) is 22.7 Å². The van der Waals surface area contributed by atoms with Crippen molar-refractivity contribution in [3.8, 4) is 11.5 Å². The first-order valence-corrected chi connectivity index (χ1v) is 13.7. The molecule has 10 nitrogen and oxygen atoms in total. The van der Waals surface area contributed by atoms with Gasteiger partial charge in [-0.05, 0) is 36.4 Å². The lowest BCUT2D eigenvalue weighted by Gasteiger charge is -2.24. The molecule has 7 rings (SSSR count). The van der Waals surface area contributed by atoms with Crippen molar-refractivity contribution in [2.24, 2.45) is 0 Å². The average Bonchev–Trinajstić information content (AvgIpc) is 3.63. The standard InChI is InChI=1S/C29H18F3N5O5S/c30-29(31,32)15-6-5-7-16(12-15)33-22(38)13-36-18-9-2-1-8-17(18)23(26(36)39)24-27(40)37-28(43-24)34-25(35-37)21-14-41-19-10-3-4-11-20(19)42-21/h1-12,21H,13-14H2,(H,33,38)/b24-23-. The minimum absolute atomic E-state index is 0.0667. The van der Waals surface area contributed by atoms with Gasteiger partial charge in [-0.25, -0.2) is 0 Å². The van der Waals surface area contributed by atoms with Gasteiger partial charge in [-0.1, -0.05) is 47.7 Å². The zero-order valence-corrected chi connectivity index (χ0v) is 22.6. The summed E-state index contributed by atoms with van der Waals surface area (Å²) in [5.41, 5.74) is -0.655. The molecule has 0 spiro atoms. The van der Waals surface area contributed by atoms with Crippen LogP contribution in [0.5, 0.6) is 11.5 Å². The van der Waals surface area contributed by atoms with Crippen LogP contribution in [-0.2, 0) is 15.8 Å². The van der Waals surface area contributed by atoms with Gasteiger partial charge < -0.3 is 14.8 Å². The van der Waals surface area contributed by atoms with Crippen molar-refractivity contribution in [2.45, 2.75) is 12.3 Å². The summed E-state index contributed by atoms with van der Waals surface area (Å²) in [5.74, 6) is 0.0493. The molecule has 0 fully saturated rings. The Hall–Kier alpha value is -5.24. The van der Waals surface area contributed by atoms with Crippen LogP contribution in [0.2, 0.25) is 0 Å². The number of carbonyl (C=O) groups is 2. The highest BCUT2D eigenvalue weighted by Gasteiger charge is 2.36. The fourth-order valence-corrected chi connectivity index (χ4v) is 5.96. The molecule has 14 heteroatoms. The van der Waals surface area contributed by atoms with E-state index in [1.165, 1.54) is 17.0 Å². The predicted molar refractivity (Wildman–Crippen MR) is 149 cm³/mol. The van der Waals surface area contributed by atoms with Crippen molar-refractivity contribution in [1.82, 2.24) is 14.6 Å². The van der Waals surface area contributed by atoms with Crippen LogP contribution in [0.15, 0.2) is 77.6 Å². The first-order valence-electron chi connectivity index (χ1n) is 12.9. The number of carbonyl (C=O) groups excluding carboxylic acids is 2. The average molecular weight is 606 g/mol. The summed E-state index contributed by atoms with van der Waals surface area (Å²) in [4.78, 5) is 45.9. The van der Waals surface area contributed by atoms with Gasteiger partial charge in [0.1, 0.15) is 17.7 Å². The van der Waals surface area contributed by atoms with Gasteiger partial charge >= 0.3 is 6.18 Å². The Bertz CT molecular complexity index is 2060. The third kappa shape index (κ3) is 4.65. The Morgan fingerprint density at radius 1 is 1.02 bits per heavy atom. The number of para-hydroxylation sites is 3. The topological polar surface area (TPSA) is 115 Å². The molecule has 216 valence electrons. The van der Waals surface area contributed by atoms with Crippen LogP contribution in [0.4, 0.5) is 24.5 Å². The van der Waals surface area contributed by atoms with Crippen molar-refractivity contribution in [2.75, 3.05) is 23.4 Å². The second-order valence-electron chi connectivity index (χ2n) is 9.68. The number of rotatable bonds is 4. The second kappa shape index (κ2) is 9.94. The van der Waals surface area contributed by atoms with Crippen LogP contribution >= 0.6 is 11.3 Å². The summed E-state index contributed by atoms with van der Waals surface area (Å²) in [5, 5.41) is 6.75. The highest BCUT2D eigenvalue weighted by molar-refractivity contribution is 7.15. The monoisotopic (exact) mass is 605 g/mol. The summed E-state index contributed by atoms with van der Waals surface area (Å²) in [6.07, 6.45) is -5.22. The lowest BCUT2D eigenvalue weighted by molar-refractivity contribution is -0.137. The minimum atomic E-state index is -4.58. The van der Waals surface area contributed by atoms with E-state index in [1.54, 1.807) is 42.5 Å². The fraction of sp³-hybridized carbons (Fsp3) is 0.138. The lowest BCUT2D eigenvalue weighted by atomic mass is 10.1. The highest BCUT2D eigenvalue weighted by atomic mass is 32.1. The first kappa shape index (κ1) is 26.6. The Morgan fingerprint density at radius 2 is 1.79 bits per heavy atom. The summed E-state index contributed by atoms with van der Waals surface area (Å²) in [6, 6.07) is 18.0. The number of amides is 2. The van der Waals surface area contributed by atoms with Gasteiger partial charge in [0.15, 0.2) is 23.4 Å². The highest BCUT2D eigenvalue weighted by Crippen LogP contribution is 2.37. The maximum atomic E-state index is 13.7. The number of alkyl halides is 3. The largest absolute Gasteiger partial charge is 0.485 e. The zero-order valence-electron chi connectivity index (χ0n) is 21.8. The van der Waals surface area contributed by atoms with E-state index >= 15 is 0 Å². The number of aromatic nitrogens is 3. The number of halogens is 3. The van der Waals surface area contributed by atoms with Gasteiger partial charge in [0.25, 0.3) is 11.5 Å². The van der Waals surface area contributed by atoms with Crippen LogP contribution in [0, 0.1) is 0 Å². The number of hydrogen-bond acceptors (Lipinski definition) is 8. The minimum Gasteiger partial charge on any atom is -0.485 e. The van der Waals surface area contributed by atoms with Gasteiger partial charge in [0.05, 0.1) is 16.8 Å². The van der Waals surface area contributed by atoms with Crippen LogP contribution in [0.25, 0.3) is 10.5 Å². The molecule has 2 aromatic heterocycles. The van der Waals surface area contributed by atoms with Gasteiger partial charge in [-0.15, -0.1) is 5.10 Å². The van der Waals surface area contributed by atoms with Gasteiger partial charge in [-0.3, -0.25) is 19.3 Å². The summed E-state index contributed by atoms with van der Waals surface area (Å²) in [6.45, 7) is -0.341. The molecule has 0 aliphatic carbocycles. The quantitative estimate of drug-likeness (QED) is 0.333. The molecular weight excluding hydrogens is 587 g/mol. The fourth-order valence-electron chi connectivity index (χ4n) is 4.96. The Kier molecular flexibility index (Phi) is 6.16. The molecular formula is C29H18F3N5O5S. The van der Waals surface area contributed by atoms with E-state index in [-0.39, 0.29) is 33.2 Å². The summed E-state index contributed by atoms with van der Waals surface area (Å²) >= 11 is 0.975. The normalized spacial score (nSPS) is 17.3. The van der Waals surface area contributed by atoms with Crippen molar-refractivity contribution in [1.29, 1.82) is 0 Å². The summed E-state index contributed by atoms with van der Waals surface area (Å²) < 4.78 is 52.2. The molecule has 2 aliphatic heterocycles. The van der Waals surface area contributed by atoms with Crippen molar-refractivity contribution >= 4 is 45.1 Å². The number of nitrogens with zero attached hydrogens (tertiary/aromatic N) is 4. The number of ether oxygens (including phenoxy) is 2. The second-order valence-corrected chi connectivity index (χ2v) is 10.7. The molecule has 0 radical (unpaired) electrons. The van der Waals surface area contributed by atoms with E-state index in [9.17, 15) is 27.6 Å². The van der Waals surface area contributed by atoms with E-state index in [2.05, 4.69) is 15.4 Å². The lowest BCUT2D eigenvalue weighted by Crippen LogP contribution is -2.37. The Morgan fingerprint density at radius 3 is 2.58 bits per heavy atom. The number of anilines is 2. The molecule has 0 saturated carbocycles. The SMILES string of the molecule is O=C(CN1C(=O)/C(=c2\sc3nc(C4COc5ccccc5O4)nn3c2=O)c2ccccc21)Nc1cccc(C(F)(F)F)c1. The molecule has 0 saturated heterocycles. The smallest absolute Gasteiger partial charge is 0.416 e. The van der Waals surface area contributed by atoms with Gasteiger partial charge in [0, 0.05) is 11.3 Å². The first-order chi connectivity index (χ1) is 20.7. The zero-order chi connectivity index (χ0) is 29.9. The number of hydrogen-bond donors (Lipinski definition) is 1. The Balaban J connectivity index is 1.19. The number of fused-ring (bicyclic) bond motifs is 3. The van der Waals surface area contributed by atoms with Crippen LogP contribution in [0.3, 0.4) is 0 Å². The number of nitrogens with one attached hydrogen (secondary N) is 1. The number of benzene rings is 3. The van der Waals surface area contributed by atoms with Crippen LogP contribution < -0.4 is 29.8 Å². The third-order valence-electron chi connectivity index (χ3n) is 6.90. The van der Waals surface area contributed by atoms with Crippen LogP contribution in [-0.4, -0.2) is 39.6 Å². The molecule has 3 aromatic carbocycles. The molecule has 2 aliphatic rings. The molecule has 0 bridgehead atoms. The Labute approximate surface area is 243 Å². The molecule has 4 heterocycles. The van der Waals surface area contributed by atoms with Crippen molar-refractivity contribution in [3.05, 3.63) is 105 Å². The molecule has 2 amide bonds. The van der Waals surface area contributed by atoms with E-state index in [0.717, 1.165) is 28.0 Å². The van der Waals surface area contributed by atoms with Crippen molar-refractivity contribution in [3.63, 3.8) is 0 Å². The van der Waals surface area contributed by atoms with Crippen molar-refractivity contribution < 1.29 is 32.2 Å². The van der Waals surface area contributed by atoms with Crippen LogP contribution in [0.1, 0.15) is 23.1 Å².